The van der Waals surface area contributed by atoms with Crippen molar-refractivity contribution in [1.82, 2.24) is 9.97 Å². The SMILES string of the molecule is Cc1cnc(C)c(N2CCCC2CN)n1. The highest BCUT2D eigenvalue weighted by atomic mass is 15.2. The molecule has 82 valence electrons. The van der Waals surface area contributed by atoms with E-state index in [0.29, 0.717) is 12.6 Å². The fourth-order valence-electron chi connectivity index (χ4n) is 2.16. The normalized spacial score (nSPS) is 21.0. The lowest BCUT2D eigenvalue weighted by Gasteiger charge is -2.25. The average Bonchev–Trinajstić information content (AvgIpc) is 2.69. The van der Waals surface area contributed by atoms with E-state index in [9.17, 15) is 0 Å². The van der Waals surface area contributed by atoms with Crippen molar-refractivity contribution >= 4 is 5.82 Å². The monoisotopic (exact) mass is 206 g/mol. The number of hydrogen-bond acceptors (Lipinski definition) is 4. The van der Waals surface area contributed by atoms with Gasteiger partial charge in [0.05, 0.1) is 11.4 Å². The van der Waals surface area contributed by atoms with Crippen LogP contribution in [-0.2, 0) is 0 Å². The van der Waals surface area contributed by atoms with E-state index in [2.05, 4.69) is 14.9 Å². The van der Waals surface area contributed by atoms with Crippen LogP contribution in [0.4, 0.5) is 5.82 Å². The molecular weight excluding hydrogens is 188 g/mol. The van der Waals surface area contributed by atoms with Crippen LogP contribution >= 0.6 is 0 Å². The van der Waals surface area contributed by atoms with Gasteiger partial charge >= 0.3 is 0 Å². The summed E-state index contributed by atoms with van der Waals surface area (Å²) in [4.78, 5) is 11.2. The number of nitrogens with zero attached hydrogens (tertiary/aromatic N) is 3. The Kier molecular flexibility index (Phi) is 2.86. The molecule has 1 aromatic rings. The van der Waals surface area contributed by atoms with E-state index in [1.807, 2.05) is 20.0 Å². The molecular formula is C11H18N4. The molecule has 1 fully saturated rings. The minimum absolute atomic E-state index is 0.444. The Morgan fingerprint density at radius 2 is 2.33 bits per heavy atom. The molecule has 1 unspecified atom stereocenters. The van der Waals surface area contributed by atoms with Crippen LogP contribution in [0, 0.1) is 13.8 Å². The van der Waals surface area contributed by atoms with Gasteiger partial charge in [0.25, 0.3) is 0 Å². The molecule has 15 heavy (non-hydrogen) atoms. The first-order valence-electron chi connectivity index (χ1n) is 5.49. The predicted molar refractivity (Wildman–Crippen MR) is 60.9 cm³/mol. The number of aromatic nitrogens is 2. The summed E-state index contributed by atoms with van der Waals surface area (Å²) in [5.74, 6) is 1.02. The number of nitrogens with two attached hydrogens (primary N) is 1. The zero-order valence-electron chi connectivity index (χ0n) is 9.40. The fourth-order valence-corrected chi connectivity index (χ4v) is 2.16. The summed E-state index contributed by atoms with van der Waals surface area (Å²) in [6.07, 6.45) is 4.19. The van der Waals surface area contributed by atoms with Crippen LogP contribution in [0.25, 0.3) is 0 Å². The third-order valence-electron chi connectivity index (χ3n) is 2.97. The molecule has 4 heteroatoms. The van der Waals surface area contributed by atoms with Gasteiger partial charge < -0.3 is 10.6 Å². The van der Waals surface area contributed by atoms with E-state index < -0.39 is 0 Å². The molecule has 1 aliphatic heterocycles. The molecule has 2 N–H and O–H groups in total. The van der Waals surface area contributed by atoms with Crippen molar-refractivity contribution in [1.29, 1.82) is 0 Å². The highest BCUT2D eigenvalue weighted by Gasteiger charge is 2.25. The number of hydrogen-bond donors (Lipinski definition) is 1. The second kappa shape index (κ2) is 4.14. The first kappa shape index (κ1) is 10.4. The summed E-state index contributed by atoms with van der Waals surface area (Å²) in [6, 6.07) is 0.444. The lowest BCUT2D eigenvalue weighted by atomic mass is 10.2. The van der Waals surface area contributed by atoms with Crippen LogP contribution < -0.4 is 10.6 Å². The standard InChI is InChI=1S/C11H18N4/c1-8-7-13-9(2)11(14-8)15-5-3-4-10(15)6-12/h7,10H,3-6,12H2,1-2H3. The third kappa shape index (κ3) is 1.95. The molecule has 1 atom stereocenters. The molecule has 2 heterocycles. The first-order chi connectivity index (χ1) is 7.22. The summed E-state index contributed by atoms with van der Waals surface area (Å²) in [7, 11) is 0. The highest BCUT2D eigenvalue weighted by molar-refractivity contribution is 5.45. The Bertz CT molecular complexity index is 350. The van der Waals surface area contributed by atoms with Gasteiger partial charge in [0.1, 0.15) is 0 Å². The van der Waals surface area contributed by atoms with Gasteiger partial charge in [-0.3, -0.25) is 4.98 Å². The van der Waals surface area contributed by atoms with E-state index in [1.165, 1.54) is 12.8 Å². The smallest absolute Gasteiger partial charge is 0.150 e. The Hall–Kier alpha value is -1.16. The van der Waals surface area contributed by atoms with Crippen molar-refractivity contribution < 1.29 is 0 Å². The Labute approximate surface area is 90.5 Å². The molecule has 0 amide bonds. The van der Waals surface area contributed by atoms with Crippen molar-refractivity contribution in [2.45, 2.75) is 32.7 Å². The lowest BCUT2D eigenvalue weighted by molar-refractivity contribution is 0.667. The zero-order chi connectivity index (χ0) is 10.8. The lowest BCUT2D eigenvalue weighted by Crippen LogP contribution is -2.36. The molecule has 1 saturated heterocycles. The van der Waals surface area contributed by atoms with Crippen LogP contribution in [0.3, 0.4) is 0 Å². The van der Waals surface area contributed by atoms with Gasteiger partial charge in [-0.1, -0.05) is 0 Å². The topological polar surface area (TPSA) is 55.0 Å². The maximum atomic E-state index is 5.76. The van der Waals surface area contributed by atoms with Gasteiger partial charge in [-0.05, 0) is 26.7 Å². The van der Waals surface area contributed by atoms with Crippen LogP contribution in [0.2, 0.25) is 0 Å². The van der Waals surface area contributed by atoms with Crippen molar-refractivity contribution in [3.8, 4) is 0 Å². The second-order valence-electron chi connectivity index (χ2n) is 4.15. The molecule has 0 saturated carbocycles. The number of aryl methyl sites for hydroxylation is 2. The van der Waals surface area contributed by atoms with Gasteiger partial charge in [0.15, 0.2) is 5.82 Å². The van der Waals surface area contributed by atoms with Crippen LogP contribution in [0.15, 0.2) is 6.20 Å². The molecule has 0 aliphatic carbocycles. The molecule has 0 aromatic carbocycles. The molecule has 0 radical (unpaired) electrons. The fraction of sp³-hybridized carbons (Fsp3) is 0.636. The largest absolute Gasteiger partial charge is 0.351 e. The summed E-state index contributed by atoms with van der Waals surface area (Å²) in [5.41, 5.74) is 7.73. The quantitative estimate of drug-likeness (QED) is 0.785. The van der Waals surface area contributed by atoms with Crippen LogP contribution in [0.5, 0.6) is 0 Å². The zero-order valence-corrected chi connectivity index (χ0v) is 9.40. The van der Waals surface area contributed by atoms with Gasteiger partial charge in [-0.15, -0.1) is 0 Å². The summed E-state index contributed by atoms with van der Waals surface area (Å²) < 4.78 is 0. The maximum Gasteiger partial charge on any atom is 0.150 e. The Balaban J connectivity index is 2.31. The van der Waals surface area contributed by atoms with E-state index in [-0.39, 0.29) is 0 Å². The molecule has 0 spiro atoms. The molecule has 1 aliphatic rings. The second-order valence-corrected chi connectivity index (χ2v) is 4.15. The van der Waals surface area contributed by atoms with Gasteiger partial charge in [0.2, 0.25) is 0 Å². The van der Waals surface area contributed by atoms with Crippen molar-refractivity contribution in [3.63, 3.8) is 0 Å². The van der Waals surface area contributed by atoms with Crippen LogP contribution in [0.1, 0.15) is 24.2 Å². The molecule has 4 nitrogen and oxygen atoms in total. The summed E-state index contributed by atoms with van der Waals surface area (Å²) >= 11 is 0. The van der Waals surface area contributed by atoms with Gasteiger partial charge in [-0.25, -0.2) is 4.98 Å². The van der Waals surface area contributed by atoms with Crippen molar-refractivity contribution in [2.24, 2.45) is 5.73 Å². The third-order valence-corrected chi connectivity index (χ3v) is 2.97. The van der Waals surface area contributed by atoms with E-state index >= 15 is 0 Å². The molecule has 1 aromatic heterocycles. The van der Waals surface area contributed by atoms with Crippen molar-refractivity contribution in [2.75, 3.05) is 18.0 Å². The van der Waals surface area contributed by atoms with Crippen LogP contribution in [-0.4, -0.2) is 29.1 Å². The maximum absolute atomic E-state index is 5.76. The van der Waals surface area contributed by atoms with Crippen molar-refractivity contribution in [3.05, 3.63) is 17.6 Å². The minimum Gasteiger partial charge on any atom is -0.351 e. The average molecular weight is 206 g/mol. The molecule has 2 rings (SSSR count). The number of rotatable bonds is 2. The minimum atomic E-state index is 0.444. The van der Waals surface area contributed by atoms with E-state index in [1.54, 1.807) is 0 Å². The summed E-state index contributed by atoms with van der Waals surface area (Å²) in [6.45, 7) is 5.74. The predicted octanol–water partition coefficient (Wildman–Crippen LogP) is 1.02. The highest BCUT2D eigenvalue weighted by Crippen LogP contribution is 2.25. The number of anilines is 1. The van der Waals surface area contributed by atoms with E-state index in [4.69, 9.17) is 5.73 Å². The Morgan fingerprint density at radius 3 is 3.07 bits per heavy atom. The van der Waals surface area contributed by atoms with Gasteiger partial charge in [0, 0.05) is 25.3 Å². The Morgan fingerprint density at radius 1 is 1.53 bits per heavy atom. The first-order valence-corrected chi connectivity index (χ1v) is 5.49. The van der Waals surface area contributed by atoms with Gasteiger partial charge in [-0.2, -0.15) is 0 Å². The summed E-state index contributed by atoms with van der Waals surface area (Å²) in [5, 5.41) is 0. The van der Waals surface area contributed by atoms with E-state index in [0.717, 1.165) is 23.8 Å². The molecule has 0 bridgehead atoms.